The molecule has 1 amide bonds. The van der Waals surface area contributed by atoms with E-state index in [4.69, 9.17) is 27.9 Å². The number of rotatable bonds is 2. The van der Waals surface area contributed by atoms with Gasteiger partial charge in [0.15, 0.2) is 0 Å². The molecule has 0 unspecified atom stereocenters. The number of fused-ring (bicyclic) bond motifs is 1. The first-order valence-electron chi connectivity index (χ1n) is 9.95. The Bertz CT molecular complexity index is 942. The number of carbonyl (C=O) groups excluding carboxylic acids is 1. The molecule has 3 aliphatic heterocycles. The molecule has 0 aliphatic carbocycles. The molecule has 7 heteroatoms. The highest BCUT2D eigenvalue weighted by molar-refractivity contribution is 6.31. The van der Waals surface area contributed by atoms with Gasteiger partial charge in [-0.05, 0) is 48.7 Å². The van der Waals surface area contributed by atoms with Crippen molar-refractivity contribution in [2.24, 2.45) is 0 Å². The zero-order valence-electron chi connectivity index (χ0n) is 16.0. The molecule has 152 valence electrons. The Morgan fingerprint density at radius 1 is 1.00 bits per heavy atom. The predicted molar refractivity (Wildman–Crippen MR) is 115 cm³/mol. The molecule has 5 nitrogen and oxygen atoms in total. The van der Waals surface area contributed by atoms with E-state index in [1.54, 1.807) is 12.1 Å². The number of benzene rings is 2. The number of likely N-dealkylation sites (tertiary alicyclic amines) is 1. The van der Waals surface area contributed by atoms with Crippen LogP contribution >= 0.6 is 23.2 Å². The summed E-state index contributed by atoms with van der Waals surface area (Å²) in [6.45, 7) is 3.33. The highest BCUT2D eigenvalue weighted by atomic mass is 35.5. The number of hydrogen-bond donors (Lipinski definition) is 2. The first-order valence-corrected chi connectivity index (χ1v) is 10.7. The SMILES string of the molecule is O=C1N[C@]2(COC3(CCN(Cc4ccc(Cl)cc4)CC3)C2)Nc2ccc(Cl)cc21. The van der Waals surface area contributed by atoms with Crippen LogP contribution in [0.5, 0.6) is 0 Å². The summed E-state index contributed by atoms with van der Waals surface area (Å²) in [5.41, 5.74) is 1.93. The lowest BCUT2D eigenvalue weighted by Gasteiger charge is -2.41. The number of hydrogen-bond acceptors (Lipinski definition) is 4. The first kappa shape index (κ1) is 19.2. The van der Waals surface area contributed by atoms with Gasteiger partial charge in [0, 0.05) is 41.8 Å². The molecule has 2 aromatic rings. The first-order chi connectivity index (χ1) is 13.9. The van der Waals surface area contributed by atoms with E-state index in [0.29, 0.717) is 17.2 Å². The van der Waals surface area contributed by atoms with Crippen molar-refractivity contribution in [3.05, 3.63) is 63.6 Å². The third kappa shape index (κ3) is 3.73. The maximum absolute atomic E-state index is 12.7. The molecule has 0 saturated carbocycles. The van der Waals surface area contributed by atoms with Crippen LogP contribution in [0.25, 0.3) is 0 Å². The minimum absolute atomic E-state index is 0.0953. The van der Waals surface area contributed by atoms with Crippen molar-refractivity contribution < 1.29 is 9.53 Å². The fourth-order valence-corrected chi connectivity index (χ4v) is 5.06. The zero-order chi connectivity index (χ0) is 20.1. The summed E-state index contributed by atoms with van der Waals surface area (Å²) in [6, 6.07) is 13.4. The molecule has 1 atom stereocenters. The van der Waals surface area contributed by atoms with E-state index < -0.39 is 5.66 Å². The van der Waals surface area contributed by atoms with Crippen molar-refractivity contribution in [1.82, 2.24) is 10.2 Å². The number of halogens is 2. The van der Waals surface area contributed by atoms with Crippen LogP contribution in [0, 0.1) is 0 Å². The number of ether oxygens (including phenoxy) is 1. The second-order valence-electron chi connectivity index (χ2n) is 8.40. The van der Waals surface area contributed by atoms with Crippen LogP contribution in [0.3, 0.4) is 0 Å². The Hall–Kier alpha value is -1.79. The topological polar surface area (TPSA) is 53.6 Å². The molecule has 0 bridgehead atoms. The third-order valence-corrected chi connectivity index (χ3v) is 6.78. The number of amides is 1. The van der Waals surface area contributed by atoms with Crippen molar-refractivity contribution in [1.29, 1.82) is 0 Å². The summed E-state index contributed by atoms with van der Waals surface area (Å²) in [7, 11) is 0. The lowest BCUT2D eigenvalue weighted by Crippen LogP contribution is -2.59. The maximum atomic E-state index is 12.7. The van der Waals surface area contributed by atoms with E-state index in [1.165, 1.54) is 5.56 Å². The van der Waals surface area contributed by atoms with Crippen molar-refractivity contribution in [2.75, 3.05) is 25.0 Å². The largest absolute Gasteiger partial charge is 0.370 e. The summed E-state index contributed by atoms with van der Waals surface area (Å²) < 4.78 is 6.33. The molecular formula is C22H23Cl2N3O2. The molecular weight excluding hydrogens is 409 g/mol. The normalized spacial score (nSPS) is 25.7. The fraction of sp³-hybridized carbons (Fsp3) is 0.409. The summed E-state index contributed by atoms with van der Waals surface area (Å²) in [5.74, 6) is -0.0953. The van der Waals surface area contributed by atoms with Gasteiger partial charge in [-0.3, -0.25) is 9.69 Å². The summed E-state index contributed by atoms with van der Waals surface area (Å²) in [6.07, 6.45) is 2.67. The van der Waals surface area contributed by atoms with Gasteiger partial charge >= 0.3 is 0 Å². The van der Waals surface area contributed by atoms with Crippen molar-refractivity contribution in [2.45, 2.75) is 37.1 Å². The van der Waals surface area contributed by atoms with Crippen LogP contribution in [0.2, 0.25) is 10.0 Å². The van der Waals surface area contributed by atoms with E-state index in [-0.39, 0.29) is 11.5 Å². The number of piperidine rings is 1. The molecule has 2 spiro atoms. The van der Waals surface area contributed by atoms with Gasteiger partial charge in [0.1, 0.15) is 5.66 Å². The summed E-state index contributed by atoms with van der Waals surface area (Å²) in [5, 5.41) is 7.98. The van der Waals surface area contributed by atoms with Crippen LogP contribution in [-0.4, -0.2) is 41.8 Å². The second kappa shape index (κ2) is 7.17. The van der Waals surface area contributed by atoms with Gasteiger partial charge in [-0.25, -0.2) is 0 Å². The average molecular weight is 432 g/mol. The highest BCUT2D eigenvalue weighted by Crippen LogP contribution is 2.43. The molecule has 29 heavy (non-hydrogen) atoms. The molecule has 3 heterocycles. The zero-order valence-corrected chi connectivity index (χ0v) is 17.5. The molecule has 0 aromatic heterocycles. The summed E-state index contributed by atoms with van der Waals surface area (Å²) >= 11 is 12.0. The fourth-order valence-electron chi connectivity index (χ4n) is 4.76. The lowest BCUT2D eigenvalue weighted by molar-refractivity contribution is -0.0452. The lowest BCUT2D eigenvalue weighted by atomic mass is 9.84. The van der Waals surface area contributed by atoms with Gasteiger partial charge in [-0.15, -0.1) is 0 Å². The smallest absolute Gasteiger partial charge is 0.255 e. The van der Waals surface area contributed by atoms with Crippen LogP contribution in [0.4, 0.5) is 5.69 Å². The quantitative estimate of drug-likeness (QED) is 0.743. The Kier molecular flexibility index (Phi) is 4.74. The van der Waals surface area contributed by atoms with Crippen LogP contribution in [0.15, 0.2) is 42.5 Å². The highest BCUT2D eigenvalue weighted by Gasteiger charge is 2.53. The number of anilines is 1. The van der Waals surface area contributed by atoms with E-state index in [2.05, 4.69) is 27.7 Å². The number of nitrogens with one attached hydrogen (secondary N) is 2. The molecule has 2 saturated heterocycles. The van der Waals surface area contributed by atoms with Gasteiger partial charge in [0.25, 0.3) is 5.91 Å². The van der Waals surface area contributed by atoms with Crippen molar-refractivity contribution in [3.8, 4) is 0 Å². The Morgan fingerprint density at radius 3 is 2.48 bits per heavy atom. The molecule has 5 rings (SSSR count). The van der Waals surface area contributed by atoms with Crippen molar-refractivity contribution >= 4 is 34.8 Å². The average Bonchev–Trinajstić information content (AvgIpc) is 3.04. The summed E-state index contributed by atoms with van der Waals surface area (Å²) in [4.78, 5) is 15.1. The Morgan fingerprint density at radius 2 is 1.72 bits per heavy atom. The second-order valence-corrected chi connectivity index (χ2v) is 9.28. The van der Waals surface area contributed by atoms with E-state index in [0.717, 1.165) is 49.6 Å². The Labute approximate surface area is 180 Å². The van der Waals surface area contributed by atoms with Gasteiger partial charge in [0.05, 0.1) is 17.8 Å². The minimum Gasteiger partial charge on any atom is -0.370 e. The van der Waals surface area contributed by atoms with Crippen LogP contribution in [0.1, 0.15) is 35.2 Å². The van der Waals surface area contributed by atoms with E-state index in [1.807, 2.05) is 18.2 Å². The number of carbonyl (C=O) groups is 1. The van der Waals surface area contributed by atoms with Gasteiger partial charge in [-0.1, -0.05) is 35.3 Å². The standard InChI is InChI=1S/C22H23Cl2N3O2/c23-16-3-1-15(2-4-16)12-27-9-7-21(8-10-27)13-22(14-29-21)25-19-6-5-17(24)11-18(19)20(28)26-22/h1-6,11,25H,7-10,12-14H2,(H,26,28)/t22-/m1/s1. The van der Waals surface area contributed by atoms with Gasteiger partial charge in [-0.2, -0.15) is 0 Å². The molecule has 3 aliphatic rings. The van der Waals surface area contributed by atoms with Crippen molar-refractivity contribution in [3.63, 3.8) is 0 Å². The third-order valence-electron chi connectivity index (χ3n) is 6.29. The molecule has 2 aromatic carbocycles. The monoisotopic (exact) mass is 431 g/mol. The number of nitrogens with zero attached hydrogens (tertiary/aromatic N) is 1. The predicted octanol–water partition coefficient (Wildman–Crippen LogP) is 4.30. The van der Waals surface area contributed by atoms with Gasteiger partial charge in [0.2, 0.25) is 0 Å². The van der Waals surface area contributed by atoms with Crippen LogP contribution in [-0.2, 0) is 11.3 Å². The van der Waals surface area contributed by atoms with E-state index in [9.17, 15) is 4.79 Å². The maximum Gasteiger partial charge on any atom is 0.255 e. The van der Waals surface area contributed by atoms with Crippen LogP contribution < -0.4 is 10.6 Å². The molecule has 2 N–H and O–H groups in total. The molecule has 0 radical (unpaired) electrons. The molecule has 2 fully saturated rings. The van der Waals surface area contributed by atoms with Gasteiger partial charge < -0.3 is 15.4 Å². The Balaban J connectivity index is 1.25. The van der Waals surface area contributed by atoms with E-state index >= 15 is 0 Å². The minimum atomic E-state index is -0.545.